The van der Waals surface area contributed by atoms with E-state index in [1.807, 2.05) is 0 Å². The van der Waals surface area contributed by atoms with Crippen molar-refractivity contribution in [2.24, 2.45) is 0 Å². The summed E-state index contributed by atoms with van der Waals surface area (Å²) in [5.74, 6) is -0.595. The SMILES string of the molecule is COC(=O)c1cc(NS(=O)(=O)C2CCCC2)ccn1. The molecule has 1 fully saturated rings. The maximum atomic E-state index is 12.1. The van der Waals surface area contributed by atoms with E-state index in [-0.39, 0.29) is 10.9 Å². The maximum absolute atomic E-state index is 12.1. The van der Waals surface area contributed by atoms with E-state index in [0.717, 1.165) is 12.8 Å². The third kappa shape index (κ3) is 3.23. The Labute approximate surface area is 112 Å². The number of nitrogens with one attached hydrogen (secondary N) is 1. The van der Waals surface area contributed by atoms with Gasteiger partial charge in [0.25, 0.3) is 0 Å². The first kappa shape index (κ1) is 13.8. The second kappa shape index (κ2) is 5.56. The Hall–Kier alpha value is -1.63. The van der Waals surface area contributed by atoms with Crippen LogP contribution in [0.25, 0.3) is 0 Å². The number of sulfonamides is 1. The summed E-state index contributed by atoms with van der Waals surface area (Å²) in [5, 5.41) is -0.345. The van der Waals surface area contributed by atoms with Crippen molar-refractivity contribution in [3.8, 4) is 0 Å². The minimum absolute atomic E-state index is 0.0779. The van der Waals surface area contributed by atoms with Crippen molar-refractivity contribution >= 4 is 21.7 Å². The summed E-state index contributed by atoms with van der Waals surface area (Å²) in [7, 11) is -2.14. The Bertz CT molecular complexity index is 565. The Balaban J connectivity index is 2.16. The molecule has 1 N–H and O–H groups in total. The first-order valence-electron chi connectivity index (χ1n) is 6.09. The molecule has 1 heterocycles. The summed E-state index contributed by atoms with van der Waals surface area (Å²) >= 11 is 0. The van der Waals surface area contributed by atoms with Crippen LogP contribution in [0.3, 0.4) is 0 Å². The van der Waals surface area contributed by atoms with Crippen molar-refractivity contribution in [2.75, 3.05) is 11.8 Å². The van der Waals surface area contributed by atoms with Crippen molar-refractivity contribution < 1.29 is 17.9 Å². The molecule has 6 nitrogen and oxygen atoms in total. The van der Waals surface area contributed by atoms with Crippen molar-refractivity contribution in [1.82, 2.24) is 4.98 Å². The van der Waals surface area contributed by atoms with Crippen molar-refractivity contribution in [2.45, 2.75) is 30.9 Å². The van der Waals surface area contributed by atoms with Crippen molar-refractivity contribution in [3.05, 3.63) is 24.0 Å². The number of esters is 1. The van der Waals surface area contributed by atoms with E-state index < -0.39 is 16.0 Å². The van der Waals surface area contributed by atoms with Crippen LogP contribution in [0, 0.1) is 0 Å². The second-order valence-electron chi connectivity index (χ2n) is 4.47. The molecule has 0 unspecified atom stereocenters. The minimum Gasteiger partial charge on any atom is -0.464 e. The van der Waals surface area contributed by atoms with E-state index in [1.54, 1.807) is 0 Å². The molecule has 1 aliphatic rings. The van der Waals surface area contributed by atoms with Gasteiger partial charge in [-0.15, -0.1) is 0 Å². The minimum atomic E-state index is -3.39. The number of anilines is 1. The number of pyridine rings is 1. The Morgan fingerprint density at radius 3 is 2.74 bits per heavy atom. The summed E-state index contributed by atoms with van der Waals surface area (Å²) in [6, 6.07) is 2.89. The number of rotatable bonds is 4. The van der Waals surface area contributed by atoms with Gasteiger partial charge in [-0.3, -0.25) is 4.72 Å². The van der Waals surface area contributed by atoms with E-state index in [4.69, 9.17) is 0 Å². The quantitative estimate of drug-likeness (QED) is 0.848. The fourth-order valence-electron chi connectivity index (χ4n) is 2.16. The van der Waals surface area contributed by atoms with Crippen molar-refractivity contribution in [1.29, 1.82) is 0 Å². The molecule has 7 heteroatoms. The largest absolute Gasteiger partial charge is 0.464 e. The number of hydrogen-bond acceptors (Lipinski definition) is 5. The topological polar surface area (TPSA) is 85.4 Å². The van der Waals surface area contributed by atoms with Crippen LogP contribution in [0.5, 0.6) is 0 Å². The average Bonchev–Trinajstić information content (AvgIpc) is 2.92. The molecule has 2 rings (SSSR count). The molecule has 1 aliphatic carbocycles. The molecule has 0 atom stereocenters. The third-order valence-electron chi connectivity index (χ3n) is 3.16. The summed E-state index contributed by atoms with van der Waals surface area (Å²) in [5.41, 5.74) is 0.413. The lowest BCUT2D eigenvalue weighted by molar-refractivity contribution is 0.0594. The van der Waals surface area contributed by atoms with Gasteiger partial charge >= 0.3 is 5.97 Å². The van der Waals surface area contributed by atoms with E-state index in [2.05, 4.69) is 14.4 Å². The number of ether oxygens (including phenoxy) is 1. The third-order valence-corrected chi connectivity index (χ3v) is 5.02. The zero-order chi connectivity index (χ0) is 13.9. The number of nitrogens with zero attached hydrogens (tertiary/aromatic N) is 1. The van der Waals surface area contributed by atoms with Crippen LogP contribution in [-0.4, -0.2) is 31.7 Å². The highest BCUT2D eigenvalue weighted by molar-refractivity contribution is 7.93. The van der Waals surface area contributed by atoms with Gasteiger partial charge in [0.05, 0.1) is 18.0 Å². The highest BCUT2D eigenvalue weighted by Crippen LogP contribution is 2.26. The number of carbonyl (C=O) groups is 1. The lowest BCUT2D eigenvalue weighted by Gasteiger charge is -2.13. The number of aromatic nitrogens is 1. The molecule has 0 saturated heterocycles. The molecule has 0 radical (unpaired) electrons. The zero-order valence-corrected chi connectivity index (χ0v) is 11.4. The Morgan fingerprint density at radius 1 is 1.42 bits per heavy atom. The summed E-state index contributed by atoms with van der Waals surface area (Å²) < 4.78 is 31.3. The normalized spacial score (nSPS) is 16.3. The van der Waals surface area contributed by atoms with Crippen LogP contribution in [0.1, 0.15) is 36.2 Å². The molecule has 1 aromatic rings. The molecular formula is C12H16N2O4S. The molecule has 0 aromatic carbocycles. The number of methoxy groups -OCH3 is 1. The molecule has 0 bridgehead atoms. The van der Waals surface area contributed by atoms with Crippen LogP contribution >= 0.6 is 0 Å². The highest BCUT2D eigenvalue weighted by Gasteiger charge is 2.28. The standard InChI is InChI=1S/C12H16N2O4S/c1-18-12(15)11-8-9(6-7-13-11)14-19(16,17)10-4-2-3-5-10/h6-8,10H,2-5H2,1H3,(H,13,14). The van der Waals surface area contributed by atoms with Gasteiger partial charge in [-0.05, 0) is 25.0 Å². The van der Waals surface area contributed by atoms with Crippen LogP contribution in [0.2, 0.25) is 0 Å². The van der Waals surface area contributed by atoms with Crippen LogP contribution in [-0.2, 0) is 14.8 Å². The van der Waals surface area contributed by atoms with Crippen LogP contribution < -0.4 is 4.72 Å². The van der Waals surface area contributed by atoms with Gasteiger partial charge in [-0.2, -0.15) is 0 Å². The van der Waals surface area contributed by atoms with Gasteiger partial charge in [0.1, 0.15) is 5.69 Å². The summed E-state index contributed by atoms with van der Waals surface area (Å²) in [6.45, 7) is 0. The molecule has 104 valence electrons. The lowest BCUT2D eigenvalue weighted by atomic mass is 10.3. The number of hydrogen-bond donors (Lipinski definition) is 1. The smallest absolute Gasteiger partial charge is 0.356 e. The Kier molecular flexibility index (Phi) is 4.04. The summed E-state index contributed by atoms with van der Waals surface area (Å²) in [4.78, 5) is 15.2. The molecule has 1 aromatic heterocycles. The predicted molar refractivity (Wildman–Crippen MR) is 70.4 cm³/mol. The monoisotopic (exact) mass is 284 g/mol. The van der Waals surface area contributed by atoms with Gasteiger partial charge < -0.3 is 4.74 Å². The van der Waals surface area contributed by atoms with Crippen molar-refractivity contribution in [3.63, 3.8) is 0 Å². The molecule has 0 aliphatic heterocycles. The average molecular weight is 284 g/mol. The second-order valence-corrected chi connectivity index (χ2v) is 6.44. The van der Waals surface area contributed by atoms with E-state index in [0.29, 0.717) is 18.5 Å². The van der Waals surface area contributed by atoms with E-state index in [9.17, 15) is 13.2 Å². The van der Waals surface area contributed by atoms with Gasteiger partial charge in [-0.25, -0.2) is 18.2 Å². The first-order chi connectivity index (χ1) is 9.03. The molecule has 0 spiro atoms. The van der Waals surface area contributed by atoms with E-state index in [1.165, 1.54) is 25.4 Å². The molecular weight excluding hydrogens is 268 g/mol. The lowest BCUT2D eigenvalue weighted by Crippen LogP contribution is -2.25. The summed E-state index contributed by atoms with van der Waals surface area (Å²) in [6.07, 6.45) is 4.62. The fraction of sp³-hybridized carbons (Fsp3) is 0.500. The maximum Gasteiger partial charge on any atom is 0.356 e. The van der Waals surface area contributed by atoms with Crippen LogP contribution in [0.15, 0.2) is 18.3 Å². The molecule has 19 heavy (non-hydrogen) atoms. The Morgan fingerprint density at radius 2 is 2.11 bits per heavy atom. The predicted octanol–water partition coefficient (Wildman–Crippen LogP) is 1.55. The highest BCUT2D eigenvalue weighted by atomic mass is 32.2. The fourth-order valence-corrected chi connectivity index (χ4v) is 3.73. The zero-order valence-electron chi connectivity index (χ0n) is 10.6. The molecule has 1 saturated carbocycles. The number of carbonyl (C=O) groups excluding carboxylic acids is 1. The van der Waals surface area contributed by atoms with Crippen LogP contribution in [0.4, 0.5) is 5.69 Å². The van der Waals surface area contributed by atoms with Gasteiger partial charge in [-0.1, -0.05) is 12.8 Å². The first-order valence-corrected chi connectivity index (χ1v) is 7.63. The van der Waals surface area contributed by atoms with Gasteiger partial charge in [0.2, 0.25) is 10.0 Å². The van der Waals surface area contributed by atoms with E-state index >= 15 is 0 Å². The molecule has 0 amide bonds. The van der Waals surface area contributed by atoms with Gasteiger partial charge in [0, 0.05) is 6.20 Å². The van der Waals surface area contributed by atoms with Gasteiger partial charge in [0.15, 0.2) is 0 Å².